The maximum absolute atomic E-state index is 12.3. The quantitative estimate of drug-likeness (QED) is 0.487. The van der Waals surface area contributed by atoms with E-state index in [0.717, 1.165) is 0 Å². The van der Waals surface area contributed by atoms with E-state index >= 15 is 0 Å². The molecule has 0 unspecified atom stereocenters. The normalized spacial score (nSPS) is 14.2. The second-order valence-electron chi connectivity index (χ2n) is 6.07. The Balaban J connectivity index is 1.85. The number of hydrogen-bond acceptors (Lipinski definition) is 8. The van der Waals surface area contributed by atoms with Gasteiger partial charge in [-0.1, -0.05) is 12.1 Å². The standard InChI is InChI=1S/C22H21NO7/c1-4-28-19-11-14(8-9-18(19)29-13-20(24)27-3)10-17-22(25)30-21(23-17)15-6-5-7-16(12-15)26-2/h5-12H,4,13H2,1-3H3/b17-10+. The van der Waals surface area contributed by atoms with E-state index in [4.69, 9.17) is 18.9 Å². The number of hydrogen-bond donors (Lipinski definition) is 0. The Kier molecular flexibility index (Phi) is 6.69. The molecule has 2 aromatic rings. The topological polar surface area (TPSA) is 92.6 Å². The van der Waals surface area contributed by atoms with Gasteiger partial charge < -0.3 is 23.7 Å². The zero-order valence-electron chi connectivity index (χ0n) is 16.8. The smallest absolute Gasteiger partial charge is 0.363 e. The first-order chi connectivity index (χ1) is 14.5. The zero-order valence-corrected chi connectivity index (χ0v) is 16.8. The fourth-order valence-corrected chi connectivity index (χ4v) is 2.64. The van der Waals surface area contributed by atoms with Gasteiger partial charge in [-0.25, -0.2) is 14.6 Å². The van der Waals surface area contributed by atoms with Gasteiger partial charge in [0.25, 0.3) is 0 Å². The lowest BCUT2D eigenvalue weighted by Gasteiger charge is -2.11. The first-order valence-electron chi connectivity index (χ1n) is 9.17. The summed E-state index contributed by atoms with van der Waals surface area (Å²) < 4.78 is 26.1. The Morgan fingerprint density at radius 1 is 1.10 bits per heavy atom. The van der Waals surface area contributed by atoms with Crippen LogP contribution in [0.4, 0.5) is 0 Å². The van der Waals surface area contributed by atoms with E-state index in [-0.39, 0.29) is 18.2 Å². The largest absolute Gasteiger partial charge is 0.497 e. The molecule has 0 aliphatic carbocycles. The highest BCUT2D eigenvalue weighted by atomic mass is 16.6. The molecule has 8 nitrogen and oxygen atoms in total. The van der Waals surface area contributed by atoms with E-state index in [0.29, 0.717) is 35.0 Å². The Morgan fingerprint density at radius 3 is 2.67 bits per heavy atom. The van der Waals surface area contributed by atoms with Crippen LogP contribution in [0, 0.1) is 0 Å². The Hall–Kier alpha value is -3.81. The second kappa shape index (κ2) is 9.60. The van der Waals surface area contributed by atoms with E-state index in [9.17, 15) is 9.59 Å². The Bertz CT molecular complexity index is 1010. The van der Waals surface area contributed by atoms with Gasteiger partial charge in [-0.3, -0.25) is 0 Å². The van der Waals surface area contributed by atoms with Gasteiger partial charge in [0, 0.05) is 5.56 Å². The van der Waals surface area contributed by atoms with Gasteiger partial charge in [-0.15, -0.1) is 0 Å². The predicted molar refractivity (Wildman–Crippen MR) is 109 cm³/mol. The number of carbonyl (C=O) groups excluding carboxylic acids is 2. The summed E-state index contributed by atoms with van der Waals surface area (Å²) in [6.07, 6.45) is 1.59. The van der Waals surface area contributed by atoms with Crippen LogP contribution >= 0.6 is 0 Å². The van der Waals surface area contributed by atoms with Crippen LogP contribution < -0.4 is 14.2 Å². The molecule has 8 heteroatoms. The van der Waals surface area contributed by atoms with E-state index in [1.165, 1.54) is 7.11 Å². The molecule has 0 spiro atoms. The molecule has 0 aromatic heterocycles. The van der Waals surface area contributed by atoms with Crippen molar-refractivity contribution in [2.45, 2.75) is 6.92 Å². The number of carbonyl (C=O) groups is 2. The summed E-state index contributed by atoms with van der Waals surface area (Å²) in [7, 11) is 2.84. The molecule has 30 heavy (non-hydrogen) atoms. The van der Waals surface area contributed by atoms with E-state index in [1.807, 2.05) is 6.92 Å². The van der Waals surface area contributed by atoms with Crippen LogP contribution in [0.3, 0.4) is 0 Å². The molecule has 3 rings (SSSR count). The molecule has 0 saturated carbocycles. The number of ether oxygens (including phenoxy) is 5. The van der Waals surface area contributed by atoms with Crippen molar-refractivity contribution in [3.63, 3.8) is 0 Å². The van der Waals surface area contributed by atoms with Gasteiger partial charge in [0.05, 0.1) is 20.8 Å². The minimum Gasteiger partial charge on any atom is -0.497 e. The molecule has 0 saturated heterocycles. The molecule has 0 N–H and O–H groups in total. The monoisotopic (exact) mass is 411 g/mol. The van der Waals surface area contributed by atoms with Crippen molar-refractivity contribution in [1.29, 1.82) is 0 Å². The molecule has 1 aliphatic rings. The fraction of sp³-hybridized carbons (Fsp3) is 0.227. The lowest BCUT2D eigenvalue weighted by Crippen LogP contribution is -2.13. The van der Waals surface area contributed by atoms with Gasteiger partial charge in [0.2, 0.25) is 5.90 Å². The molecule has 2 aromatic carbocycles. The average molecular weight is 411 g/mol. The molecule has 0 bridgehead atoms. The van der Waals surface area contributed by atoms with Crippen LogP contribution in [0.2, 0.25) is 0 Å². The van der Waals surface area contributed by atoms with Crippen LogP contribution in [0.15, 0.2) is 53.2 Å². The van der Waals surface area contributed by atoms with Crippen LogP contribution in [0.1, 0.15) is 18.1 Å². The molecule has 1 heterocycles. The first-order valence-corrected chi connectivity index (χ1v) is 9.17. The second-order valence-corrected chi connectivity index (χ2v) is 6.07. The van der Waals surface area contributed by atoms with Crippen molar-refractivity contribution in [2.24, 2.45) is 4.99 Å². The summed E-state index contributed by atoms with van der Waals surface area (Å²) in [6.45, 7) is 1.99. The van der Waals surface area contributed by atoms with E-state index in [2.05, 4.69) is 9.73 Å². The minimum atomic E-state index is -0.559. The van der Waals surface area contributed by atoms with Gasteiger partial charge in [-0.05, 0) is 48.9 Å². The molecule has 0 amide bonds. The van der Waals surface area contributed by atoms with Crippen molar-refractivity contribution in [3.8, 4) is 17.2 Å². The van der Waals surface area contributed by atoms with Gasteiger partial charge >= 0.3 is 11.9 Å². The summed E-state index contributed by atoms with van der Waals surface area (Å²) in [6, 6.07) is 12.1. The van der Waals surface area contributed by atoms with Crippen molar-refractivity contribution in [1.82, 2.24) is 0 Å². The number of nitrogens with zero attached hydrogens (tertiary/aromatic N) is 1. The maximum atomic E-state index is 12.3. The predicted octanol–water partition coefficient (Wildman–Crippen LogP) is 2.99. The first kappa shape index (κ1) is 20.9. The van der Waals surface area contributed by atoms with Crippen molar-refractivity contribution in [3.05, 3.63) is 59.3 Å². The molecule has 156 valence electrons. The third kappa shape index (κ3) is 4.96. The molecule has 0 fully saturated rings. The minimum absolute atomic E-state index is 0.151. The SMILES string of the molecule is CCOc1cc(/C=C2/N=C(c3cccc(OC)c3)OC2=O)ccc1OCC(=O)OC. The van der Waals surface area contributed by atoms with Crippen molar-refractivity contribution in [2.75, 3.05) is 27.4 Å². The Morgan fingerprint density at radius 2 is 1.93 bits per heavy atom. The lowest BCUT2D eigenvalue weighted by atomic mass is 10.1. The highest BCUT2D eigenvalue weighted by Crippen LogP contribution is 2.30. The molecular weight excluding hydrogens is 390 g/mol. The summed E-state index contributed by atoms with van der Waals surface area (Å²) in [5.41, 5.74) is 1.44. The summed E-state index contributed by atoms with van der Waals surface area (Å²) >= 11 is 0. The molecule has 1 aliphatic heterocycles. The van der Waals surface area contributed by atoms with Gasteiger partial charge in [-0.2, -0.15) is 0 Å². The van der Waals surface area contributed by atoms with Crippen molar-refractivity contribution < 1.29 is 33.3 Å². The van der Waals surface area contributed by atoms with Crippen LogP contribution in [0.25, 0.3) is 6.08 Å². The third-order valence-electron chi connectivity index (χ3n) is 4.08. The number of methoxy groups -OCH3 is 2. The summed E-state index contributed by atoms with van der Waals surface area (Å²) in [5.74, 6) is 0.590. The van der Waals surface area contributed by atoms with E-state index in [1.54, 1.807) is 55.7 Å². The van der Waals surface area contributed by atoms with Crippen LogP contribution in [0.5, 0.6) is 17.2 Å². The van der Waals surface area contributed by atoms with Gasteiger partial charge in [0.15, 0.2) is 23.8 Å². The van der Waals surface area contributed by atoms with Crippen LogP contribution in [-0.4, -0.2) is 45.3 Å². The highest BCUT2D eigenvalue weighted by Gasteiger charge is 2.24. The third-order valence-corrected chi connectivity index (χ3v) is 4.08. The average Bonchev–Trinajstić information content (AvgIpc) is 3.13. The number of benzene rings is 2. The van der Waals surface area contributed by atoms with Gasteiger partial charge in [0.1, 0.15) is 5.75 Å². The molecule has 0 radical (unpaired) electrons. The Labute approximate surface area is 173 Å². The molecule has 0 atom stereocenters. The number of cyclic esters (lactones) is 1. The number of esters is 2. The van der Waals surface area contributed by atoms with E-state index < -0.39 is 11.9 Å². The summed E-state index contributed by atoms with van der Waals surface area (Å²) in [5, 5.41) is 0. The number of rotatable bonds is 8. The number of aliphatic imine (C=N–C) groups is 1. The summed E-state index contributed by atoms with van der Waals surface area (Å²) in [4.78, 5) is 27.9. The maximum Gasteiger partial charge on any atom is 0.363 e. The lowest BCUT2D eigenvalue weighted by molar-refractivity contribution is -0.143. The zero-order chi connectivity index (χ0) is 21.5. The molecular formula is C22H21NO7. The van der Waals surface area contributed by atoms with Crippen molar-refractivity contribution >= 4 is 23.9 Å². The van der Waals surface area contributed by atoms with Crippen LogP contribution in [-0.2, 0) is 19.1 Å². The highest BCUT2D eigenvalue weighted by molar-refractivity contribution is 6.13. The fourth-order valence-electron chi connectivity index (χ4n) is 2.64.